The Labute approximate surface area is 222 Å². The van der Waals surface area contributed by atoms with E-state index in [-0.39, 0.29) is 17.0 Å². The molecule has 3 aromatic rings. The highest BCUT2D eigenvalue weighted by Crippen LogP contribution is 2.46. The number of nitrogens with one attached hydrogen (secondary N) is 1. The number of benzene rings is 1. The van der Waals surface area contributed by atoms with Crippen molar-refractivity contribution in [1.82, 2.24) is 24.6 Å². The molecule has 2 fully saturated rings. The summed E-state index contributed by atoms with van der Waals surface area (Å²) in [5.41, 5.74) is 1.10. The van der Waals surface area contributed by atoms with Crippen LogP contribution in [0.5, 0.6) is 0 Å². The summed E-state index contributed by atoms with van der Waals surface area (Å²) in [4.78, 5) is 12.4. The SMILES string of the molecule is C/C(=C\C(C)c1cnn(C2CC2)c1)c1nc2c(c(-c3ccc(C(F)(F)F)cc3F)n1)SC(N1CCCC1)N2. The lowest BCUT2D eigenvalue weighted by molar-refractivity contribution is -0.137. The number of hydrogen-bond acceptors (Lipinski definition) is 6. The Kier molecular flexibility index (Phi) is 6.46. The van der Waals surface area contributed by atoms with Gasteiger partial charge in [0.1, 0.15) is 17.1 Å². The van der Waals surface area contributed by atoms with Crippen molar-refractivity contribution >= 4 is 23.2 Å². The molecule has 2 unspecified atom stereocenters. The van der Waals surface area contributed by atoms with E-state index in [1.807, 2.05) is 23.9 Å². The maximum atomic E-state index is 15.1. The highest BCUT2D eigenvalue weighted by Gasteiger charge is 2.35. The number of fused-ring (bicyclic) bond motifs is 1. The Morgan fingerprint density at radius 2 is 1.95 bits per heavy atom. The number of nitrogens with zero attached hydrogens (tertiary/aromatic N) is 5. The van der Waals surface area contributed by atoms with Gasteiger partial charge in [-0.05, 0) is 61.9 Å². The average Bonchev–Trinajstić information content (AvgIpc) is 3.28. The molecule has 1 saturated heterocycles. The van der Waals surface area contributed by atoms with E-state index >= 15 is 4.39 Å². The normalized spacial score (nSPS) is 21.0. The highest BCUT2D eigenvalue weighted by molar-refractivity contribution is 8.00. The van der Waals surface area contributed by atoms with Gasteiger partial charge in [-0.2, -0.15) is 18.3 Å². The molecular weight excluding hydrogens is 516 g/mol. The Balaban J connectivity index is 1.37. The van der Waals surface area contributed by atoms with Gasteiger partial charge in [0.25, 0.3) is 0 Å². The Morgan fingerprint density at radius 1 is 1.18 bits per heavy atom. The quantitative estimate of drug-likeness (QED) is 0.340. The van der Waals surface area contributed by atoms with Crippen LogP contribution in [0.2, 0.25) is 0 Å². The molecule has 2 aliphatic heterocycles. The van der Waals surface area contributed by atoms with Crippen LogP contribution in [0.15, 0.2) is 41.6 Å². The molecule has 6 rings (SSSR count). The van der Waals surface area contributed by atoms with Gasteiger partial charge in [-0.1, -0.05) is 24.8 Å². The van der Waals surface area contributed by atoms with E-state index in [2.05, 4.69) is 28.4 Å². The van der Waals surface area contributed by atoms with E-state index in [4.69, 9.17) is 9.97 Å². The van der Waals surface area contributed by atoms with Crippen molar-refractivity contribution in [2.24, 2.45) is 0 Å². The van der Waals surface area contributed by atoms with Gasteiger partial charge in [0.15, 0.2) is 5.82 Å². The molecule has 6 nitrogen and oxygen atoms in total. The molecule has 38 heavy (non-hydrogen) atoms. The topological polar surface area (TPSA) is 58.9 Å². The first-order valence-corrected chi connectivity index (χ1v) is 13.7. The predicted molar refractivity (Wildman–Crippen MR) is 139 cm³/mol. The monoisotopic (exact) mass is 544 g/mol. The number of anilines is 1. The van der Waals surface area contributed by atoms with Gasteiger partial charge in [0.05, 0.1) is 28.4 Å². The van der Waals surface area contributed by atoms with Gasteiger partial charge >= 0.3 is 6.18 Å². The van der Waals surface area contributed by atoms with Gasteiger partial charge in [0.2, 0.25) is 0 Å². The molecule has 1 saturated carbocycles. The van der Waals surface area contributed by atoms with Gasteiger partial charge in [-0.25, -0.2) is 14.4 Å². The van der Waals surface area contributed by atoms with Crippen molar-refractivity contribution in [3.8, 4) is 11.3 Å². The fraction of sp³-hybridized carbons (Fsp3) is 0.444. The summed E-state index contributed by atoms with van der Waals surface area (Å²) in [6.07, 6.45) is 5.86. The summed E-state index contributed by atoms with van der Waals surface area (Å²) in [6, 6.07) is 3.10. The van der Waals surface area contributed by atoms with Crippen molar-refractivity contribution in [3.05, 3.63) is 59.4 Å². The average molecular weight is 545 g/mol. The van der Waals surface area contributed by atoms with Crippen LogP contribution in [0.25, 0.3) is 16.8 Å². The lowest BCUT2D eigenvalue weighted by Crippen LogP contribution is -2.33. The number of thioether (sulfide) groups is 1. The number of allylic oxidation sites excluding steroid dienone is 2. The van der Waals surface area contributed by atoms with E-state index in [1.165, 1.54) is 17.8 Å². The lowest BCUT2D eigenvalue weighted by Gasteiger charge is -2.22. The lowest BCUT2D eigenvalue weighted by atomic mass is 10.0. The maximum absolute atomic E-state index is 15.1. The molecule has 0 spiro atoms. The van der Waals surface area contributed by atoms with Crippen molar-refractivity contribution in [2.75, 3.05) is 18.4 Å². The van der Waals surface area contributed by atoms with E-state index in [0.29, 0.717) is 34.3 Å². The first-order valence-electron chi connectivity index (χ1n) is 12.9. The van der Waals surface area contributed by atoms with Crippen molar-refractivity contribution < 1.29 is 17.6 Å². The molecule has 0 radical (unpaired) electrons. The molecule has 1 aromatic carbocycles. The third-order valence-electron chi connectivity index (χ3n) is 7.30. The number of hydrogen-bond donors (Lipinski definition) is 1. The molecule has 3 aliphatic rings. The summed E-state index contributed by atoms with van der Waals surface area (Å²) in [6.45, 7) is 5.84. The third kappa shape index (κ3) is 4.93. The van der Waals surface area contributed by atoms with Crippen LogP contribution in [0.1, 0.15) is 68.4 Å². The van der Waals surface area contributed by atoms with E-state index in [1.54, 1.807) is 0 Å². The number of alkyl halides is 3. The summed E-state index contributed by atoms with van der Waals surface area (Å²) < 4.78 is 56.8. The molecule has 200 valence electrons. The van der Waals surface area contributed by atoms with Crippen molar-refractivity contribution in [3.63, 3.8) is 0 Å². The first-order chi connectivity index (χ1) is 18.2. The second-order valence-corrected chi connectivity index (χ2v) is 11.3. The molecule has 11 heteroatoms. The molecule has 1 N–H and O–H groups in total. The largest absolute Gasteiger partial charge is 0.416 e. The van der Waals surface area contributed by atoms with Gasteiger partial charge < -0.3 is 5.32 Å². The number of aromatic nitrogens is 4. The highest BCUT2D eigenvalue weighted by atomic mass is 32.2. The van der Waals surface area contributed by atoms with E-state index in [9.17, 15) is 13.2 Å². The van der Waals surface area contributed by atoms with Crippen molar-refractivity contribution in [1.29, 1.82) is 0 Å². The summed E-state index contributed by atoms with van der Waals surface area (Å²) >= 11 is 1.49. The van der Waals surface area contributed by atoms with Crippen molar-refractivity contribution in [2.45, 2.75) is 68.1 Å². The fourth-order valence-electron chi connectivity index (χ4n) is 4.97. The van der Waals surface area contributed by atoms with Crippen LogP contribution in [-0.2, 0) is 6.18 Å². The zero-order valence-electron chi connectivity index (χ0n) is 21.1. The van der Waals surface area contributed by atoms with Crippen LogP contribution in [0.3, 0.4) is 0 Å². The maximum Gasteiger partial charge on any atom is 0.416 e. The smallest absolute Gasteiger partial charge is 0.344 e. The van der Waals surface area contributed by atoms with Crippen LogP contribution < -0.4 is 5.32 Å². The van der Waals surface area contributed by atoms with Gasteiger partial charge in [0, 0.05) is 30.8 Å². The molecule has 0 bridgehead atoms. The number of likely N-dealkylation sites (tertiary alicyclic amines) is 1. The summed E-state index contributed by atoms with van der Waals surface area (Å²) in [7, 11) is 0. The Bertz CT molecular complexity index is 1390. The minimum Gasteiger partial charge on any atom is -0.344 e. The minimum atomic E-state index is -4.63. The van der Waals surface area contributed by atoms with Crippen LogP contribution in [0.4, 0.5) is 23.4 Å². The third-order valence-corrected chi connectivity index (χ3v) is 8.56. The summed E-state index contributed by atoms with van der Waals surface area (Å²) in [5.74, 6) is 0.0764. The molecular formula is C27H28F4N6S. The Hall–Kier alpha value is -2.92. The number of halogens is 4. The molecule has 2 aromatic heterocycles. The minimum absolute atomic E-state index is 0.0285. The fourth-order valence-corrected chi connectivity index (χ4v) is 6.21. The van der Waals surface area contributed by atoms with E-state index in [0.717, 1.165) is 56.0 Å². The zero-order chi connectivity index (χ0) is 26.6. The van der Waals surface area contributed by atoms with Crippen LogP contribution in [0, 0.1) is 5.82 Å². The number of rotatable bonds is 6. The standard InChI is InChI=1S/C27H28F4N6S/c1-15(17-13-32-37(14-17)19-6-7-19)11-16(2)24-33-22(20-8-5-18(12-21(20)28)27(29,30)31)23-25(34-24)35-26(38-23)36-9-3-4-10-36/h5,8,11-15,19,26H,3-4,6-7,9-10H2,1-2H3,(H,33,34,35)/b16-11+. The molecule has 0 amide bonds. The van der Waals surface area contributed by atoms with Crippen LogP contribution >= 0.6 is 11.8 Å². The molecule has 2 atom stereocenters. The molecule has 4 heterocycles. The summed E-state index contributed by atoms with van der Waals surface area (Å²) in [5, 5.41) is 7.92. The van der Waals surface area contributed by atoms with Gasteiger partial charge in [-0.15, -0.1) is 0 Å². The second kappa shape index (κ2) is 9.68. The second-order valence-electron chi connectivity index (χ2n) is 10.2. The predicted octanol–water partition coefficient (Wildman–Crippen LogP) is 6.94. The Morgan fingerprint density at radius 3 is 2.63 bits per heavy atom. The first kappa shape index (κ1) is 25.4. The molecule has 1 aliphatic carbocycles. The van der Waals surface area contributed by atoms with Gasteiger partial charge in [-0.3, -0.25) is 9.58 Å². The van der Waals surface area contributed by atoms with Crippen LogP contribution in [-0.4, -0.2) is 43.2 Å². The zero-order valence-corrected chi connectivity index (χ0v) is 21.9. The van der Waals surface area contributed by atoms with E-state index < -0.39 is 17.6 Å².